The van der Waals surface area contributed by atoms with Crippen LogP contribution in [-0.4, -0.2) is 23.9 Å². The van der Waals surface area contributed by atoms with Gasteiger partial charge >= 0.3 is 0 Å². The van der Waals surface area contributed by atoms with Crippen LogP contribution in [0.3, 0.4) is 0 Å². The van der Waals surface area contributed by atoms with Crippen molar-refractivity contribution < 1.29 is 13.6 Å². The summed E-state index contributed by atoms with van der Waals surface area (Å²) in [4.78, 5) is 15.2. The van der Waals surface area contributed by atoms with Crippen LogP contribution in [0.15, 0.2) is 72.8 Å². The van der Waals surface area contributed by atoms with Crippen molar-refractivity contribution in [2.75, 3.05) is 13.1 Å². The van der Waals surface area contributed by atoms with Gasteiger partial charge in [-0.1, -0.05) is 60.2 Å². The number of amides is 1. The van der Waals surface area contributed by atoms with E-state index in [1.807, 2.05) is 12.1 Å². The third kappa shape index (κ3) is 5.60. The Kier molecular flexibility index (Phi) is 6.96. The van der Waals surface area contributed by atoms with Crippen molar-refractivity contribution in [3.8, 4) is 0 Å². The summed E-state index contributed by atoms with van der Waals surface area (Å²) in [6, 6.07) is 21.4. The lowest BCUT2D eigenvalue weighted by molar-refractivity contribution is -0.127. The van der Waals surface area contributed by atoms with E-state index in [-0.39, 0.29) is 35.9 Å². The standard InChI is InChI=1S/C27H28F2N2O/c1-19-6-4-9-21(12-19)23-14-24(27(32)30-15-20-7-5-10-25(28)13-20)18-31(17-23)16-22-8-2-3-11-26(22)29/h2-13,23-24H,14-18H2,1H3,(H,30,32)/t23-,24+/m1/s1. The van der Waals surface area contributed by atoms with Crippen LogP contribution >= 0.6 is 0 Å². The van der Waals surface area contributed by atoms with E-state index in [9.17, 15) is 13.6 Å². The fourth-order valence-electron chi connectivity index (χ4n) is 4.52. The van der Waals surface area contributed by atoms with Gasteiger partial charge < -0.3 is 5.32 Å². The van der Waals surface area contributed by atoms with Gasteiger partial charge in [-0.05, 0) is 48.6 Å². The Labute approximate surface area is 188 Å². The van der Waals surface area contributed by atoms with E-state index in [4.69, 9.17) is 0 Å². The number of aryl methyl sites for hydroxylation is 1. The van der Waals surface area contributed by atoms with Crippen molar-refractivity contribution in [3.63, 3.8) is 0 Å². The molecule has 0 unspecified atom stereocenters. The molecule has 0 saturated carbocycles. The number of hydrogen-bond acceptors (Lipinski definition) is 2. The van der Waals surface area contributed by atoms with Crippen molar-refractivity contribution in [1.29, 1.82) is 0 Å². The predicted octanol–water partition coefficient (Wildman–Crippen LogP) is 5.20. The van der Waals surface area contributed by atoms with Gasteiger partial charge in [0.2, 0.25) is 5.91 Å². The number of piperidine rings is 1. The summed E-state index contributed by atoms with van der Waals surface area (Å²) < 4.78 is 27.7. The maximum atomic E-state index is 14.3. The lowest BCUT2D eigenvalue weighted by Gasteiger charge is -2.37. The molecule has 0 aliphatic carbocycles. The first-order valence-electron chi connectivity index (χ1n) is 11.0. The molecule has 0 radical (unpaired) electrons. The van der Waals surface area contributed by atoms with Gasteiger partial charge in [-0.3, -0.25) is 9.69 Å². The summed E-state index contributed by atoms with van der Waals surface area (Å²) in [7, 11) is 0. The summed E-state index contributed by atoms with van der Waals surface area (Å²) in [6.45, 7) is 4.14. The Morgan fingerprint density at radius 2 is 1.81 bits per heavy atom. The fourth-order valence-corrected chi connectivity index (χ4v) is 4.52. The summed E-state index contributed by atoms with van der Waals surface area (Å²) in [6.07, 6.45) is 0.728. The maximum absolute atomic E-state index is 14.3. The van der Waals surface area contributed by atoms with Crippen LogP contribution in [-0.2, 0) is 17.9 Å². The van der Waals surface area contributed by atoms with Crippen LogP contribution in [0.25, 0.3) is 0 Å². The second kappa shape index (κ2) is 10.0. The Bertz CT molecular complexity index is 1080. The highest BCUT2D eigenvalue weighted by Crippen LogP contribution is 2.32. The van der Waals surface area contributed by atoms with E-state index in [1.165, 1.54) is 29.3 Å². The summed E-state index contributed by atoms with van der Waals surface area (Å²) in [5, 5.41) is 2.97. The first kappa shape index (κ1) is 22.2. The van der Waals surface area contributed by atoms with Crippen molar-refractivity contribution in [2.24, 2.45) is 5.92 Å². The Morgan fingerprint density at radius 1 is 1.00 bits per heavy atom. The molecule has 3 nitrogen and oxygen atoms in total. The van der Waals surface area contributed by atoms with Crippen LogP contribution in [0.4, 0.5) is 8.78 Å². The number of nitrogens with one attached hydrogen (secondary N) is 1. The molecular weight excluding hydrogens is 406 g/mol. The number of likely N-dealkylation sites (tertiary alicyclic amines) is 1. The summed E-state index contributed by atoms with van der Waals surface area (Å²) >= 11 is 0. The van der Waals surface area contributed by atoms with Gasteiger partial charge in [0.15, 0.2) is 0 Å². The minimum Gasteiger partial charge on any atom is -0.352 e. The van der Waals surface area contributed by atoms with Crippen molar-refractivity contribution in [3.05, 3.63) is 107 Å². The SMILES string of the molecule is Cc1cccc([C@@H]2C[C@H](C(=O)NCc3cccc(F)c3)CN(Cc3ccccc3F)C2)c1. The fraction of sp³-hybridized carbons (Fsp3) is 0.296. The third-order valence-electron chi connectivity index (χ3n) is 6.12. The second-order valence-corrected chi connectivity index (χ2v) is 8.68. The Morgan fingerprint density at radius 3 is 2.59 bits per heavy atom. The van der Waals surface area contributed by atoms with Crippen LogP contribution < -0.4 is 5.32 Å². The van der Waals surface area contributed by atoms with E-state index in [2.05, 4.69) is 35.3 Å². The molecule has 3 aromatic carbocycles. The van der Waals surface area contributed by atoms with Crippen LogP contribution in [0.2, 0.25) is 0 Å². The van der Waals surface area contributed by atoms with E-state index in [0.29, 0.717) is 18.7 Å². The van der Waals surface area contributed by atoms with Gasteiger partial charge in [-0.25, -0.2) is 8.78 Å². The highest BCUT2D eigenvalue weighted by atomic mass is 19.1. The second-order valence-electron chi connectivity index (χ2n) is 8.68. The lowest BCUT2D eigenvalue weighted by Crippen LogP contribution is -2.45. The number of nitrogens with zero attached hydrogens (tertiary/aromatic N) is 1. The molecule has 1 aliphatic rings. The number of carbonyl (C=O) groups is 1. The van der Waals surface area contributed by atoms with Crippen molar-refractivity contribution >= 4 is 5.91 Å². The van der Waals surface area contributed by atoms with Gasteiger partial charge in [0.25, 0.3) is 0 Å². The summed E-state index contributed by atoms with van der Waals surface area (Å²) in [5.74, 6) is -0.637. The predicted molar refractivity (Wildman–Crippen MR) is 122 cm³/mol. The lowest BCUT2D eigenvalue weighted by atomic mass is 9.83. The van der Waals surface area contributed by atoms with E-state index >= 15 is 0 Å². The first-order valence-corrected chi connectivity index (χ1v) is 11.0. The molecule has 0 bridgehead atoms. The average molecular weight is 435 g/mol. The molecule has 1 amide bonds. The first-order chi connectivity index (χ1) is 15.5. The zero-order chi connectivity index (χ0) is 22.5. The molecule has 1 heterocycles. The molecule has 5 heteroatoms. The van der Waals surface area contributed by atoms with Crippen LogP contribution in [0.5, 0.6) is 0 Å². The Hall–Kier alpha value is -3.05. The topological polar surface area (TPSA) is 32.3 Å². The molecule has 0 aromatic heterocycles. The van der Waals surface area contributed by atoms with E-state index in [0.717, 1.165) is 18.5 Å². The van der Waals surface area contributed by atoms with Crippen LogP contribution in [0.1, 0.15) is 34.6 Å². The highest BCUT2D eigenvalue weighted by molar-refractivity contribution is 5.79. The van der Waals surface area contributed by atoms with Crippen molar-refractivity contribution in [2.45, 2.75) is 32.4 Å². The maximum Gasteiger partial charge on any atom is 0.224 e. The average Bonchev–Trinajstić information content (AvgIpc) is 2.79. The monoisotopic (exact) mass is 434 g/mol. The van der Waals surface area contributed by atoms with Gasteiger partial charge in [0, 0.05) is 31.7 Å². The van der Waals surface area contributed by atoms with Crippen LogP contribution in [0, 0.1) is 24.5 Å². The summed E-state index contributed by atoms with van der Waals surface area (Å²) in [5.41, 5.74) is 3.75. The largest absolute Gasteiger partial charge is 0.352 e. The molecule has 4 rings (SSSR count). The zero-order valence-electron chi connectivity index (χ0n) is 18.2. The quantitative estimate of drug-likeness (QED) is 0.579. The minimum atomic E-state index is -0.315. The molecule has 1 saturated heterocycles. The molecule has 0 spiro atoms. The zero-order valence-corrected chi connectivity index (χ0v) is 18.2. The van der Waals surface area contributed by atoms with Gasteiger partial charge in [-0.2, -0.15) is 0 Å². The highest BCUT2D eigenvalue weighted by Gasteiger charge is 2.32. The number of hydrogen-bond donors (Lipinski definition) is 1. The number of halogens is 2. The molecule has 1 fully saturated rings. The molecule has 166 valence electrons. The molecule has 2 atom stereocenters. The smallest absolute Gasteiger partial charge is 0.224 e. The number of benzene rings is 3. The van der Waals surface area contributed by atoms with Gasteiger partial charge in [0.1, 0.15) is 11.6 Å². The van der Waals surface area contributed by atoms with E-state index < -0.39 is 0 Å². The van der Waals surface area contributed by atoms with Gasteiger partial charge in [0.05, 0.1) is 5.92 Å². The molecule has 32 heavy (non-hydrogen) atoms. The van der Waals surface area contributed by atoms with E-state index in [1.54, 1.807) is 24.3 Å². The number of carbonyl (C=O) groups excluding carboxylic acids is 1. The molecule has 1 aliphatic heterocycles. The third-order valence-corrected chi connectivity index (χ3v) is 6.12. The molecule has 1 N–H and O–H groups in total. The molecule has 3 aromatic rings. The van der Waals surface area contributed by atoms with Gasteiger partial charge in [-0.15, -0.1) is 0 Å². The minimum absolute atomic E-state index is 0.0508. The number of rotatable bonds is 6. The van der Waals surface area contributed by atoms with Crippen molar-refractivity contribution in [1.82, 2.24) is 10.2 Å². The molecular formula is C27H28F2N2O. The Balaban J connectivity index is 1.50. The normalized spacial score (nSPS) is 19.0.